The molecule has 1 amide bonds. The van der Waals surface area contributed by atoms with Gasteiger partial charge < -0.3 is 0 Å². The number of amidine groups is 1. The minimum atomic E-state index is -0.445. The van der Waals surface area contributed by atoms with Crippen LogP contribution in [0.4, 0.5) is 11.4 Å². The van der Waals surface area contributed by atoms with Gasteiger partial charge in [-0.1, -0.05) is 44.2 Å². The highest BCUT2D eigenvalue weighted by atomic mass is 32.2. The molecular formula is C20H19N3O3S. The van der Waals surface area contributed by atoms with E-state index in [1.807, 2.05) is 44.2 Å². The molecule has 1 aliphatic heterocycles. The van der Waals surface area contributed by atoms with Gasteiger partial charge in [0.1, 0.15) is 0 Å². The fraction of sp³-hybridized carbons (Fsp3) is 0.200. The lowest BCUT2D eigenvalue weighted by Gasteiger charge is -2.17. The topological polar surface area (TPSA) is 75.8 Å². The maximum absolute atomic E-state index is 12.9. The second kappa shape index (κ2) is 8.18. The van der Waals surface area contributed by atoms with E-state index in [0.29, 0.717) is 22.2 Å². The molecule has 138 valence electrons. The molecule has 0 radical (unpaired) electrons. The first-order chi connectivity index (χ1) is 12.9. The summed E-state index contributed by atoms with van der Waals surface area (Å²) in [5.74, 6) is 0.155. The fourth-order valence-corrected chi connectivity index (χ4v) is 3.62. The number of benzene rings is 2. The number of hydrogen-bond donors (Lipinski definition) is 0. The molecule has 1 heterocycles. The second-order valence-electron chi connectivity index (χ2n) is 6.50. The molecule has 0 unspecified atom stereocenters. The molecule has 0 aromatic heterocycles. The Bertz CT molecular complexity index is 923. The fourth-order valence-electron chi connectivity index (χ4n) is 2.61. The minimum absolute atomic E-state index is 0.00277. The predicted octanol–water partition coefficient (Wildman–Crippen LogP) is 4.85. The lowest BCUT2D eigenvalue weighted by molar-refractivity contribution is -0.384. The number of hydrogen-bond acceptors (Lipinski definition) is 5. The van der Waals surface area contributed by atoms with Crippen molar-refractivity contribution in [1.29, 1.82) is 0 Å². The highest BCUT2D eigenvalue weighted by Gasteiger charge is 2.33. The van der Waals surface area contributed by atoms with Gasteiger partial charge in [-0.05, 0) is 41.5 Å². The van der Waals surface area contributed by atoms with Gasteiger partial charge in [-0.25, -0.2) is 4.99 Å². The van der Waals surface area contributed by atoms with Crippen molar-refractivity contribution in [1.82, 2.24) is 4.90 Å². The molecule has 1 aliphatic rings. The molecule has 2 aromatic carbocycles. The molecule has 0 bridgehead atoms. The maximum atomic E-state index is 12.9. The summed E-state index contributed by atoms with van der Waals surface area (Å²) in [7, 11) is 0. The molecule has 0 aliphatic carbocycles. The summed E-state index contributed by atoms with van der Waals surface area (Å²) in [5, 5.41) is 11.6. The molecule has 0 N–H and O–H groups in total. The Labute approximate surface area is 161 Å². The van der Waals surface area contributed by atoms with Gasteiger partial charge in [-0.2, -0.15) is 0 Å². The van der Waals surface area contributed by atoms with Gasteiger partial charge in [0.15, 0.2) is 5.17 Å². The van der Waals surface area contributed by atoms with Crippen molar-refractivity contribution >= 4 is 40.3 Å². The summed E-state index contributed by atoms with van der Waals surface area (Å²) in [5.41, 5.74) is 1.39. The minimum Gasteiger partial charge on any atom is -0.286 e. The van der Waals surface area contributed by atoms with Crippen LogP contribution in [0.25, 0.3) is 6.08 Å². The number of aliphatic imine (C=N–C) groups is 1. The lowest BCUT2D eigenvalue weighted by atomic mass is 10.1. The highest BCUT2D eigenvalue weighted by Crippen LogP contribution is 2.35. The Morgan fingerprint density at radius 2 is 1.93 bits per heavy atom. The quantitative estimate of drug-likeness (QED) is 0.421. The van der Waals surface area contributed by atoms with Crippen LogP contribution in [0.1, 0.15) is 19.4 Å². The highest BCUT2D eigenvalue weighted by molar-refractivity contribution is 8.18. The Morgan fingerprint density at radius 1 is 1.19 bits per heavy atom. The van der Waals surface area contributed by atoms with E-state index in [1.165, 1.54) is 23.9 Å². The number of nitro groups is 1. The third-order valence-electron chi connectivity index (χ3n) is 3.80. The van der Waals surface area contributed by atoms with Gasteiger partial charge in [0.2, 0.25) is 0 Å². The van der Waals surface area contributed by atoms with Crippen molar-refractivity contribution in [3.63, 3.8) is 0 Å². The molecule has 0 spiro atoms. The number of nitro benzene ring substituents is 1. The van der Waals surface area contributed by atoms with Crippen LogP contribution < -0.4 is 0 Å². The first-order valence-corrected chi connectivity index (χ1v) is 9.35. The van der Waals surface area contributed by atoms with Crippen LogP contribution in [0.5, 0.6) is 0 Å². The summed E-state index contributed by atoms with van der Waals surface area (Å²) in [6.45, 7) is 4.64. The largest absolute Gasteiger partial charge is 0.286 e. The number of non-ortho nitro benzene ring substituents is 1. The van der Waals surface area contributed by atoms with Crippen LogP contribution in [0.2, 0.25) is 0 Å². The molecule has 6 nitrogen and oxygen atoms in total. The third-order valence-corrected chi connectivity index (χ3v) is 4.80. The van der Waals surface area contributed by atoms with Gasteiger partial charge >= 0.3 is 0 Å². The summed E-state index contributed by atoms with van der Waals surface area (Å²) < 4.78 is 0. The van der Waals surface area contributed by atoms with Crippen LogP contribution in [-0.4, -0.2) is 27.4 Å². The van der Waals surface area contributed by atoms with Crippen molar-refractivity contribution in [2.45, 2.75) is 13.8 Å². The smallest absolute Gasteiger partial charge is 0.270 e. The van der Waals surface area contributed by atoms with Gasteiger partial charge in [0.05, 0.1) is 15.5 Å². The van der Waals surface area contributed by atoms with E-state index >= 15 is 0 Å². The average molecular weight is 381 g/mol. The zero-order chi connectivity index (χ0) is 19.4. The molecule has 27 heavy (non-hydrogen) atoms. The van der Waals surface area contributed by atoms with E-state index in [9.17, 15) is 14.9 Å². The van der Waals surface area contributed by atoms with Crippen LogP contribution in [0, 0.1) is 16.0 Å². The van der Waals surface area contributed by atoms with E-state index in [1.54, 1.807) is 23.1 Å². The zero-order valence-corrected chi connectivity index (χ0v) is 15.8. The van der Waals surface area contributed by atoms with E-state index < -0.39 is 4.92 Å². The first-order valence-electron chi connectivity index (χ1n) is 8.53. The van der Waals surface area contributed by atoms with Crippen molar-refractivity contribution in [3.8, 4) is 0 Å². The van der Waals surface area contributed by atoms with Gasteiger partial charge in [0.25, 0.3) is 11.6 Å². The molecule has 0 atom stereocenters. The van der Waals surface area contributed by atoms with Gasteiger partial charge in [-0.15, -0.1) is 0 Å². The number of rotatable bonds is 5. The van der Waals surface area contributed by atoms with Crippen molar-refractivity contribution in [3.05, 3.63) is 75.2 Å². The number of carbonyl (C=O) groups excluding carboxylic acids is 1. The number of para-hydroxylation sites is 1. The molecule has 1 saturated heterocycles. The van der Waals surface area contributed by atoms with Crippen molar-refractivity contribution in [2.75, 3.05) is 6.54 Å². The number of carbonyl (C=O) groups is 1. The van der Waals surface area contributed by atoms with E-state index in [2.05, 4.69) is 4.99 Å². The summed E-state index contributed by atoms with van der Waals surface area (Å²) >= 11 is 1.29. The number of nitrogens with zero attached hydrogens (tertiary/aromatic N) is 3. The molecule has 1 fully saturated rings. The lowest BCUT2D eigenvalue weighted by Crippen LogP contribution is -2.32. The second-order valence-corrected chi connectivity index (χ2v) is 7.51. The van der Waals surface area contributed by atoms with Crippen LogP contribution in [0.3, 0.4) is 0 Å². The van der Waals surface area contributed by atoms with E-state index in [4.69, 9.17) is 0 Å². The number of amides is 1. The van der Waals surface area contributed by atoms with Crippen molar-refractivity contribution < 1.29 is 9.72 Å². The van der Waals surface area contributed by atoms with Gasteiger partial charge in [0, 0.05) is 18.7 Å². The summed E-state index contributed by atoms with van der Waals surface area (Å²) in [6.07, 6.45) is 1.68. The van der Waals surface area contributed by atoms with E-state index in [0.717, 1.165) is 5.69 Å². The molecule has 3 rings (SSSR count). The number of thioether (sulfide) groups is 1. The molecular weight excluding hydrogens is 362 g/mol. The summed E-state index contributed by atoms with van der Waals surface area (Å²) in [4.78, 5) is 30.2. The van der Waals surface area contributed by atoms with Crippen LogP contribution in [-0.2, 0) is 4.79 Å². The Hall–Kier alpha value is -2.93. The van der Waals surface area contributed by atoms with Crippen molar-refractivity contribution in [2.24, 2.45) is 10.9 Å². The predicted molar refractivity (Wildman–Crippen MR) is 109 cm³/mol. The monoisotopic (exact) mass is 381 g/mol. The van der Waals surface area contributed by atoms with Gasteiger partial charge in [-0.3, -0.25) is 19.8 Å². The van der Waals surface area contributed by atoms with Crippen LogP contribution in [0.15, 0.2) is 64.5 Å². The maximum Gasteiger partial charge on any atom is 0.270 e. The standard InChI is InChI=1S/C20H19N3O3S/c1-14(2)13-22-19(24)18(12-15-7-6-10-17(11-15)23(25)26)27-20(22)21-16-8-4-3-5-9-16/h3-12,14H,13H2,1-2H3/b18-12+,21-20?. The normalized spacial score (nSPS) is 17.3. The van der Waals surface area contributed by atoms with Crippen LogP contribution >= 0.6 is 11.8 Å². The zero-order valence-electron chi connectivity index (χ0n) is 15.0. The third kappa shape index (κ3) is 4.62. The Morgan fingerprint density at radius 3 is 2.59 bits per heavy atom. The molecule has 7 heteroatoms. The Balaban J connectivity index is 1.95. The van der Waals surface area contributed by atoms with E-state index in [-0.39, 0.29) is 17.5 Å². The molecule has 0 saturated carbocycles. The first kappa shape index (κ1) is 18.8. The Kier molecular flexibility index (Phi) is 5.71. The molecule has 2 aromatic rings. The average Bonchev–Trinajstić information content (AvgIpc) is 2.91. The SMILES string of the molecule is CC(C)CN1C(=O)/C(=C\c2cccc([N+](=O)[O-])c2)SC1=Nc1ccccc1. The summed E-state index contributed by atoms with van der Waals surface area (Å²) in [6, 6.07) is 15.7.